The molecule has 6 aromatic rings. The number of tetrazole rings is 2. The lowest BCUT2D eigenvalue weighted by atomic mass is 10.3. The molecule has 0 unspecified atom stereocenters. The van der Waals surface area contributed by atoms with Gasteiger partial charge in [-0.25, -0.2) is 18.1 Å². The minimum atomic E-state index is -0.452. The first-order chi connectivity index (χ1) is 19.6. The Balaban J connectivity index is 1.46. The van der Waals surface area contributed by atoms with E-state index in [1.54, 1.807) is 48.8 Å². The fraction of sp³-hybridized carbons (Fsp3) is 0.167. The van der Waals surface area contributed by atoms with Gasteiger partial charge in [-0.05, 0) is 70.1 Å². The van der Waals surface area contributed by atoms with E-state index in [1.807, 2.05) is 13.8 Å². The van der Waals surface area contributed by atoms with Gasteiger partial charge >= 0.3 is 0 Å². The van der Waals surface area contributed by atoms with Gasteiger partial charge in [-0.2, -0.15) is 19.8 Å². The number of hydrogen-bond acceptors (Lipinski definition) is 10. The van der Waals surface area contributed by atoms with E-state index in [9.17, 15) is 8.78 Å². The summed E-state index contributed by atoms with van der Waals surface area (Å²) in [6, 6.07) is 12.6. The molecule has 0 bridgehead atoms. The zero-order chi connectivity index (χ0) is 27.6. The summed E-state index contributed by atoms with van der Waals surface area (Å²) < 4.78 is 32.7. The van der Waals surface area contributed by atoms with Crippen molar-refractivity contribution >= 4 is 21.6 Å². The second-order valence-corrected chi connectivity index (χ2v) is 10.3. The van der Waals surface area contributed by atoms with Crippen molar-refractivity contribution in [3.8, 4) is 34.2 Å². The molecule has 0 fully saturated rings. The lowest BCUT2D eigenvalue weighted by Gasteiger charge is -2.11. The van der Waals surface area contributed by atoms with Crippen LogP contribution in [0.2, 0.25) is 0 Å². The van der Waals surface area contributed by atoms with E-state index in [2.05, 4.69) is 41.0 Å². The maximum absolute atomic E-state index is 14.9. The van der Waals surface area contributed by atoms with Crippen molar-refractivity contribution in [1.82, 2.24) is 60.0 Å². The van der Waals surface area contributed by atoms with Crippen molar-refractivity contribution < 1.29 is 8.78 Å². The van der Waals surface area contributed by atoms with E-state index >= 15 is 0 Å². The van der Waals surface area contributed by atoms with Crippen molar-refractivity contribution in [3.63, 3.8) is 0 Å². The molecule has 202 valence electrons. The van der Waals surface area contributed by atoms with Crippen LogP contribution < -0.4 is 0 Å². The summed E-state index contributed by atoms with van der Waals surface area (Å²) in [6.45, 7) is 4.85. The van der Waals surface area contributed by atoms with Crippen LogP contribution in [0, 0.1) is 11.6 Å². The molecule has 0 aliphatic rings. The highest BCUT2D eigenvalue weighted by Gasteiger charge is 2.25. The van der Waals surface area contributed by atoms with E-state index in [0.29, 0.717) is 45.9 Å². The molecule has 0 spiro atoms. The summed E-state index contributed by atoms with van der Waals surface area (Å²) in [7, 11) is 2.51. The maximum atomic E-state index is 14.9. The van der Waals surface area contributed by atoms with E-state index in [-0.39, 0.29) is 11.4 Å². The average molecular weight is 579 g/mol. The molecule has 0 N–H and O–H groups in total. The Morgan fingerprint density at radius 3 is 1.45 bits per heavy atom. The minimum Gasteiger partial charge on any atom is -0.223 e. The third-order valence-corrected chi connectivity index (χ3v) is 8.15. The molecule has 0 atom stereocenters. The first-order valence-corrected chi connectivity index (χ1v) is 14.3. The second-order valence-electron chi connectivity index (χ2n) is 8.22. The van der Waals surface area contributed by atoms with Crippen LogP contribution in [0.4, 0.5) is 8.78 Å². The Bertz CT molecular complexity index is 1660. The highest BCUT2D eigenvalue weighted by atomic mass is 33.1. The molecule has 0 aliphatic carbocycles. The van der Waals surface area contributed by atoms with Gasteiger partial charge in [-0.15, -0.1) is 20.4 Å². The zero-order valence-electron chi connectivity index (χ0n) is 21.1. The van der Waals surface area contributed by atoms with Gasteiger partial charge in [0.25, 0.3) is 0 Å². The van der Waals surface area contributed by atoms with Crippen molar-refractivity contribution in [2.75, 3.05) is 0 Å². The smallest absolute Gasteiger partial charge is 0.209 e. The summed E-state index contributed by atoms with van der Waals surface area (Å²) in [6.07, 6.45) is 3.13. The molecule has 0 saturated heterocycles. The maximum Gasteiger partial charge on any atom is 0.209 e. The third kappa shape index (κ3) is 4.75. The van der Waals surface area contributed by atoms with Gasteiger partial charge in [0, 0.05) is 0 Å². The Kier molecular flexibility index (Phi) is 7.08. The average Bonchev–Trinajstić information content (AvgIpc) is 3.78. The van der Waals surface area contributed by atoms with Crippen molar-refractivity contribution in [2.45, 2.75) is 37.0 Å². The molecule has 16 heteroatoms. The molecule has 4 heterocycles. The number of aromatic nitrogens is 12. The van der Waals surface area contributed by atoms with Crippen molar-refractivity contribution in [2.24, 2.45) is 0 Å². The standard InChI is InChI=1S/C24H20F2N12S2/c1-3-35-31-21(29-33-35)15-13-27-37(19-11-7-5-9-17(19)25)23(15)39-40-24-16(22-30-34-36(4-2)32-22)14-28-38(24)20-12-8-6-10-18(20)26/h5-14H,3-4H2,1-2H3. The number of hydrogen-bond donors (Lipinski definition) is 0. The number of rotatable bonds is 9. The molecule has 0 radical (unpaired) electrons. The SMILES string of the molecule is CCn1nnc(-c2cnn(-c3ccccc3F)c2SSc2c(-c3nnn(CC)n3)cnn2-c2ccccc2F)n1. The summed E-state index contributed by atoms with van der Waals surface area (Å²) in [5.41, 5.74) is 1.59. The van der Waals surface area contributed by atoms with Crippen LogP contribution in [0.25, 0.3) is 34.2 Å². The highest BCUT2D eigenvalue weighted by molar-refractivity contribution is 8.76. The number of nitrogens with zero attached hydrogens (tertiary/aromatic N) is 12. The van der Waals surface area contributed by atoms with Crippen LogP contribution in [0.1, 0.15) is 13.8 Å². The first kappa shape index (κ1) is 25.8. The molecule has 12 nitrogen and oxygen atoms in total. The topological polar surface area (TPSA) is 123 Å². The molecular weight excluding hydrogens is 558 g/mol. The minimum absolute atomic E-state index is 0.245. The van der Waals surface area contributed by atoms with Crippen molar-refractivity contribution in [1.29, 1.82) is 0 Å². The molecule has 40 heavy (non-hydrogen) atoms. The Hall–Kier alpha value is -4.44. The van der Waals surface area contributed by atoms with E-state index in [0.717, 1.165) is 0 Å². The van der Waals surface area contributed by atoms with E-state index in [1.165, 1.54) is 52.7 Å². The molecule has 0 amide bonds. The second kappa shape index (κ2) is 11.0. The van der Waals surface area contributed by atoms with Gasteiger partial charge in [0.1, 0.15) is 33.1 Å². The highest BCUT2D eigenvalue weighted by Crippen LogP contribution is 2.46. The quantitative estimate of drug-likeness (QED) is 0.227. The Labute approximate surface area is 233 Å². The Morgan fingerprint density at radius 1 is 0.650 bits per heavy atom. The summed E-state index contributed by atoms with van der Waals surface area (Å²) >= 11 is 0. The number of benzene rings is 2. The lowest BCUT2D eigenvalue weighted by molar-refractivity contribution is 0.552. The summed E-state index contributed by atoms with van der Waals surface area (Å²) in [5.74, 6) is -0.232. The van der Waals surface area contributed by atoms with Crippen LogP contribution in [0.3, 0.4) is 0 Å². The summed E-state index contributed by atoms with van der Waals surface area (Å²) in [5, 5.41) is 35.2. The van der Waals surface area contributed by atoms with Gasteiger partial charge in [-0.1, -0.05) is 24.3 Å². The van der Waals surface area contributed by atoms with Gasteiger partial charge in [0.05, 0.1) is 36.6 Å². The predicted molar refractivity (Wildman–Crippen MR) is 144 cm³/mol. The first-order valence-electron chi connectivity index (χ1n) is 12.1. The molecule has 0 aliphatic heterocycles. The van der Waals surface area contributed by atoms with Gasteiger partial charge in [0.15, 0.2) is 0 Å². The van der Waals surface area contributed by atoms with E-state index < -0.39 is 11.6 Å². The van der Waals surface area contributed by atoms with Crippen LogP contribution >= 0.6 is 21.6 Å². The third-order valence-electron chi connectivity index (χ3n) is 5.76. The van der Waals surface area contributed by atoms with E-state index in [4.69, 9.17) is 0 Å². The largest absolute Gasteiger partial charge is 0.223 e. The number of aryl methyl sites for hydroxylation is 2. The number of para-hydroxylation sites is 2. The monoisotopic (exact) mass is 578 g/mol. The zero-order valence-corrected chi connectivity index (χ0v) is 22.8. The molecule has 6 rings (SSSR count). The van der Waals surface area contributed by atoms with Crippen LogP contribution in [-0.2, 0) is 13.1 Å². The fourth-order valence-electron chi connectivity index (χ4n) is 3.78. The predicted octanol–water partition coefficient (Wildman–Crippen LogP) is 4.48. The van der Waals surface area contributed by atoms with Gasteiger partial charge in [-0.3, -0.25) is 0 Å². The van der Waals surface area contributed by atoms with Crippen molar-refractivity contribution in [3.05, 3.63) is 72.6 Å². The van der Waals surface area contributed by atoms with Crippen LogP contribution in [0.15, 0.2) is 71.0 Å². The summed E-state index contributed by atoms with van der Waals surface area (Å²) in [4.78, 5) is 2.90. The molecule has 0 saturated carbocycles. The normalized spacial score (nSPS) is 11.4. The van der Waals surface area contributed by atoms with Gasteiger partial charge in [0.2, 0.25) is 11.6 Å². The molecular formula is C24H20F2N12S2. The Morgan fingerprint density at radius 2 is 1.07 bits per heavy atom. The molecule has 2 aromatic carbocycles. The number of halogens is 2. The van der Waals surface area contributed by atoms with Crippen LogP contribution in [0.5, 0.6) is 0 Å². The fourth-order valence-corrected chi connectivity index (χ4v) is 6.27. The van der Waals surface area contributed by atoms with Crippen LogP contribution in [-0.4, -0.2) is 60.0 Å². The van der Waals surface area contributed by atoms with Gasteiger partial charge < -0.3 is 0 Å². The lowest BCUT2D eigenvalue weighted by Crippen LogP contribution is -2.02. The molecule has 4 aromatic heterocycles.